The van der Waals surface area contributed by atoms with Crippen molar-refractivity contribution >= 4 is 17.8 Å². The van der Waals surface area contributed by atoms with E-state index in [1.54, 1.807) is 7.05 Å². The van der Waals surface area contributed by atoms with Crippen LogP contribution >= 0.6 is 11.8 Å². The van der Waals surface area contributed by atoms with Gasteiger partial charge in [0.1, 0.15) is 0 Å². The molecular formula is C7H14N2O2S. The summed E-state index contributed by atoms with van der Waals surface area (Å²) in [5.41, 5.74) is 0. The van der Waals surface area contributed by atoms with Crippen LogP contribution in [0, 0.1) is 0 Å². The van der Waals surface area contributed by atoms with Crippen molar-refractivity contribution in [3.05, 3.63) is 0 Å². The van der Waals surface area contributed by atoms with Gasteiger partial charge in [0.2, 0.25) is 0 Å². The van der Waals surface area contributed by atoms with Gasteiger partial charge in [0.25, 0.3) is 0 Å². The molecule has 1 N–H and O–H groups in total. The largest absolute Gasteiger partial charge is 0.341 e. The number of nitrogens with zero attached hydrogens (tertiary/aromatic N) is 1. The van der Waals surface area contributed by atoms with Crippen molar-refractivity contribution in [1.82, 2.24) is 10.4 Å². The van der Waals surface area contributed by atoms with Gasteiger partial charge in [-0.25, -0.2) is 9.86 Å². The van der Waals surface area contributed by atoms with Crippen molar-refractivity contribution in [3.8, 4) is 0 Å². The molecule has 0 saturated carbocycles. The van der Waals surface area contributed by atoms with Crippen molar-refractivity contribution in [2.45, 2.75) is 12.5 Å². The fourth-order valence-corrected chi connectivity index (χ4v) is 2.15. The molecule has 0 aromatic rings. The van der Waals surface area contributed by atoms with Crippen LogP contribution in [-0.4, -0.2) is 42.8 Å². The highest BCUT2D eigenvalue weighted by molar-refractivity contribution is 7.99. The molecule has 1 atom stereocenters. The molecule has 5 heteroatoms. The molecule has 12 heavy (non-hydrogen) atoms. The molecule has 1 fully saturated rings. The Morgan fingerprint density at radius 1 is 1.75 bits per heavy atom. The highest BCUT2D eigenvalue weighted by Crippen LogP contribution is 2.16. The molecule has 1 rings (SSSR count). The number of nitrogens with one attached hydrogen (secondary N) is 1. The quantitative estimate of drug-likeness (QED) is 0.651. The Morgan fingerprint density at radius 3 is 3.00 bits per heavy atom. The summed E-state index contributed by atoms with van der Waals surface area (Å²) < 4.78 is 0. The van der Waals surface area contributed by atoms with Gasteiger partial charge in [0, 0.05) is 18.8 Å². The van der Waals surface area contributed by atoms with E-state index in [2.05, 4.69) is 5.32 Å². The van der Waals surface area contributed by atoms with Gasteiger partial charge in [-0.2, -0.15) is 11.8 Å². The lowest BCUT2D eigenvalue weighted by molar-refractivity contribution is -0.0653. The Labute approximate surface area is 76.6 Å². The summed E-state index contributed by atoms with van der Waals surface area (Å²) >= 11 is 1.87. The number of hydrogen-bond acceptors (Lipinski definition) is 3. The Hall–Kier alpha value is -0.420. The zero-order valence-corrected chi connectivity index (χ0v) is 8.19. The Morgan fingerprint density at radius 2 is 2.50 bits per heavy atom. The number of thioether (sulfide) groups is 1. The fraction of sp³-hybridized carbons (Fsp3) is 0.857. The molecule has 1 unspecified atom stereocenters. The number of hydroxylamine groups is 2. The Kier molecular flexibility index (Phi) is 3.68. The zero-order valence-electron chi connectivity index (χ0n) is 7.37. The summed E-state index contributed by atoms with van der Waals surface area (Å²) in [6, 6.07) is 0.157. The van der Waals surface area contributed by atoms with E-state index >= 15 is 0 Å². The molecule has 4 nitrogen and oxygen atoms in total. The van der Waals surface area contributed by atoms with E-state index in [4.69, 9.17) is 4.84 Å². The summed E-state index contributed by atoms with van der Waals surface area (Å²) in [6.07, 6.45) is 1.06. The molecule has 1 saturated heterocycles. The predicted molar refractivity (Wildman–Crippen MR) is 49.0 cm³/mol. The minimum absolute atomic E-state index is 0.162. The number of hydrogen-bond donors (Lipinski definition) is 1. The number of carbonyl (C=O) groups is 1. The van der Waals surface area contributed by atoms with Gasteiger partial charge in [0.15, 0.2) is 0 Å². The normalized spacial score (nSPS) is 22.3. The van der Waals surface area contributed by atoms with E-state index in [0.717, 1.165) is 17.9 Å². The van der Waals surface area contributed by atoms with Gasteiger partial charge in [-0.3, -0.25) is 4.84 Å². The molecule has 1 heterocycles. The average Bonchev–Trinajstić information content (AvgIpc) is 2.55. The maximum Gasteiger partial charge on any atom is 0.341 e. The van der Waals surface area contributed by atoms with Crippen LogP contribution in [0.5, 0.6) is 0 Å². The van der Waals surface area contributed by atoms with Crippen molar-refractivity contribution in [1.29, 1.82) is 0 Å². The molecule has 1 aliphatic rings. The maximum atomic E-state index is 11.2. The first-order chi connectivity index (χ1) is 5.74. The standard InChI is InChI=1S/C7H14N2O2S/c1-9(11-2)7(10)8-6-3-4-12-5-6/h6H,3-5H2,1-2H3,(H,8,10). The van der Waals surface area contributed by atoms with Gasteiger partial charge >= 0.3 is 6.03 Å². The number of amides is 2. The van der Waals surface area contributed by atoms with Crippen LogP contribution in [0.3, 0.4) is 0 Å². The number of urea groups is 1. The van der Waals surface area contributed by atoms with E-state index in [1.165, 1.54) is 12.2 Å². The maximum absolute atomic E-state index is 11.2. The van der Waals surface area contributed by atoms with Crippen molar-refractivity contribution in [2.24, 2.45) is 0 Å². The van der Waals surface area contributed by atoms with E-state index < -0.39 is 0 Å². The van der Waals surface area contributed by atoms with E-state index in [-0.39, 0.29) is 6.03 Å². The molecule has 0 spiro atoms. The molecule has 0 radical (unpaired) electrons. The Balaban J connectivity index is 2.25. The first-order valence-electron chi connectivity index (χ1n) is 3.90. The highest BCUT2D eigenvalue weighted by atomic mass is 32.2. The molecule has 1 aliphatic heterocycles. The smallest absolute Gasteiger partial charge is 0.333 e. The molecule has 0 aromatic heterocycles. The molecule has 70 valence electrons. The summed E-state index contributed by atoms with van der Waals surface area (Å²) in [7, 11) is 3.07. The Bertz CT molecular complexity index is 159. The lowest BCUT2D eigenvalue weighted by atomic mass is 10.3. The van der Waals surface area contributed by atoms with Crippen LogP contribution in [0.25, 0.3) is 0 Å². The van der Waals surface area contributed by atoms with Crippen LogP contribution < -0.4 is 5.32 Å². The van der Waals surface area contributed by atoms with E-state index in [1.807, 2.05) is 11.8 Å². The van der Waals surface area contributed by atoms with Gasteiger partial charge in [-0.05, 0) is 12.2 Å². The van der Waals surface area contributed by atoms with Crippen molar-refractivity contribution in [2.75, 3.05) is 25.7 Å². The van der Waals surface area contributed by atoms with Gasteiger partial charge in [-0.15, -0.1) is 0 Å². The second-order valence-corrected chi connectivity index (χ2v) is 3.84. The number of rotatable bonds is 2. The summed E-state index contributed by atoms with van der Waals surface area (Å²) in [5, 5.41) is 4.07. The third kappa shape index (κ3) is 2.57. The predicted octanol–water partition coefficient (Wildman–Crippen LogP) is 0.695. The molecular weight excluding hydrogens is 176 g/mol. The van der Waals surface area contributed by atoms with Crippen molar-refractivity contribution in [3.63, 3.8) is 0 Å². The van der Waals surface area contributed by atoms with E-state index in [9.17, 15) is 4.79 Å². The van der Waals surface area contributed by atoms with Crippen LogP contribution in [0.1, 0.15) is 6.42 Å². The van der Waals surface area contributed by atoms with Crippen LogP contribution in [-0.2, 0) is 4.84 Å². The molecule has 2 amide bonds. The summed E-state index contributed by atoms with van der Waals surface area (Å²) in [4.78, 5) is 15.9. The van der Waals surface area contributed by atoms with E-state index in [0.29, 0.717) is 6.04 Å². The van der Waals surface area contributed by atoms with Gasteiger partial charge < -0.3 is 5.32 Å². The van der Waals surface area contributed by atoms with Crippen LogP contribution in [0.4, 0.5) is 4.79 Å². The molecule has 0 aromatic carbocycles. The minimum atomic E-state index is -0.162. The second kappa shape index (κ2) is 4.57. The zero-order chi connectivity index (χ0) is 8.97. The highest BCUT2D eigenvalue weighted by Gasteiger charge is 2.19. The monoisotopic (exact) mass is 190 g/mol. The molecule has 0 aliphatic carbocycles. The molecule has 0 bridgehead atoms. The first-order valence-corrected chi connectivity index (χ1v) is 5.05. The first kappa shape index (κ1) is 9.67. The lowest BCUT2D eigenvalue weighted by Crippen LogP contribution is -2.42. The second-order valence-electron chi connectivity index (χ2n) is 2.69. The summed E-state index contributed by atoms with van der Waals surface area (Å²) in [6.45, 7) is 0. The topological polar surface area (TPSA) is 41.6 Å². The van der Waals surface area contributed by atoms with Crippen LogP contribution in [0.15, 0.2) is 0 Å². The SMILES string of the molecule is CON(C)C(=O)NC1CCSC1. The van der Waals surface area contributed by atoms with Crippen LogP contribution in [0.2, 0.25) is 0 Å². The number of carbonyl (C=O) groups excluding carboxylic acids is 1. The van der Waals surface area contributed by atoms with Gasteiger partial charge in [-0.1, -0.05) is 0 Å². The average molecular weight is 190 g/mol. The third-order valence-electron chi connectivity index (χ3n) is 1.82. The lowest BCUT2D eigenvalue weighted by Gasteiger charge is -2.17. The summed E-state index contributed by atoms with van der Waals surface area (Å²) in [5.74, 6) is 2.16. The minimum Gasteiger partial charge on any atom is -0.333 e. The van der Waals surface area contributed by atoms with Crippen molar-refractivity contribution < 1.29 is 9.63 Å². The third-order valence-corrected chi connectivity index (χ3v) is 2.98. The van der Waals surface area contributed by atoms with Gasteiger partial charge in [0.05, 0.1) is 7.11 Å². The fourth-order valence-electron chi connectivity index (χ4n) is 0.997.